The number of aryl methyl sites for hydroxylation is 1. The van der Waals surface area contributed by atoms with Crippen LogP contribution in [0.5, 0.6) is 17.2 Å². The molecule has 3 heterocycles. The summed E-state index contributed by atoms with van der Waals surface area (Å²) in [5, 5.41) is 3.13. The third kappa shape index (κ3) is 6.93. The van der Waals surface area contributed by atoms with Crippen molar-refractivity contribution < 1.29 is 23.8 Å². The average molecular weight is 531 g/mol. The van der Waals surface area contributed by atoms with Gasteiger partial charge in [0.05, 0.1) is 32.4 Å². The Labute approximate surface area is 228 Å². The topological polar surface area (TPSA) is 93.2 Å². The van der Waals surface area contributed by atoms with Crippen LogP contribution in [0.1, 0.15) is 23.1 Å². The Morgan fingerprint density at radius 2 is 1.92 bits per heavy atom. The van der Waals surface area contributed by atoms with Gasteiger partial charge in [0.15, 0.2) is 11.5 Å². The van der Waals surface area contributed by atoms with E-state index < -0.39 is 0 Å². The van der Waals surface area contributed by atoms with Gasteiger partial charge in [0, 0.05) is 38.4 Å². The van der Waals surface area contributed by atoms with Crippen LogP contribution in [-0.2, 0) is 33.9 Å². The van der Waals surface area contributed by atoms with Crippen molar-refractivity contribution in [2.24, 2.45) is 0 Å². The number of amides is 2. The van der Waals surface area contributed by atoms with E-state index in [4.69, 9.17) is 14.2 Å². The molecule has 5 rings (SSSR count). The number of likely N-dealkylation sites (tertiary alicyclic amines) is 1. The summed E-state index contributed by atoms with van der Waals surface area (Å²) in [6.07, 6.45) is 4.17. The Hall–Kier alpha value is -3.95. The summed E-state index contributed by atoms with van der Waals surface area (Å²) in [6.45, 7) is 1.93. The van der Waals surface area contributed by atoms with Crippen molar-refractivity contribution in [2.45, 2.75) is 38.1 Å². The minimum absolute atomic E-state index is 0.0452. The average Bonchev–Trinajstić information content (AvgIpc) is 3.33. The molecule has 9 nitrogen and oxygen atoms in total. The predicted octanol–water partition coefficient (Wildman–Crippen LogP) is 3.17. The molecule has 9 heteroatoms. The lowest BCUT2D eigenvalue weighted by Crippen LogP contribution is -2.47. The van der Waals surface area contributed by atoms with Crippen molar-refractivity contribution in [3.63, 3.8) is 0 Å². The van der Waals surface area contributed by atoms with Crippen LogP contribution in [0.4, 0.5) is 0 Å². The van der Waals surface area contributed by atoms with Crippen LogP contribution in [0, 0.1) is 0 Å². The number of hydrogen-bond donors (Lipinski definition) is 1. The van der Waals surface area contributed by atoms with Gasteiger partial charge in [0.2, 0.25) is 11.8 Å². The largest absolute Gasteiger partial charge is 0.493 e. The minimum atomic E-state index is -0.325. The van der Waals surface area contributed by atoms with Crippen molar-refractivity contribution in [3.05, 3.63) is 83.7 Å². The maximum Gasteiger partial charge on any atom is 0.234 e. The molecule has 0 saturated carbocycles. The molecule has 0 radical (unpaired) electrons. The van der Waals surface area contributed by atoms with Gasteiger partial charge in [-0.2, -0.15) is 0 Å². The molecule has 2 aliphatic rings. The lowest BCUT2D eigenvalue weighted by atomic mass is 10.1. The Balaban J connectivity index is 1.33. The summed E-state index contributed by atoms with van der Waals surface area (Å²) in [4.78, 5) is 33.9. The second-order valence-corrected chi connectivity index (χ2v) is 10.1. The summed E-state index contributed by atoms with van der Waals surface area (Å²) in [6, 6.07) is 17.0. The molecule has 4 bridgehead atoms. The molecule has 0 aliphatic carbocycles. The molecule has 1 fully saturated rings. The zero-order valence-corrected chi connectivity index (χ0v) is 22.3. The van der Waals surface area contributed by atoms with Crippen LogP contribution in [0.15, 0.2) is 67.0 Å². The number of pyridine rings is 1. The van der Waals surface area contributed by atoms with E-state index >= 15 is 0 Å². The van der Waals surface area contributed by atoms with Crippen LogP contribution < -0.4 is 14.8 Å². The Morgan fingerprint density at radius 3 is 2.74 bits per heavy atom. The van der Waals surface area contributed by atoms with E-state index in [0.29, 0.717) is 56.3 Å². The first-order chi connectivity index (χ1) is 19.0. The van der Waals surface area contributed by atoms with Gasteiger partial charge >= 0.3 is 0 Å². The van der Waals surface area contributed by atoms with Crippen LogP contribution in [0.3, 0.4) is 0 Å². The van der Waals surface area contributed by atoms with Gasteiger partial charge in [0.25, 0.3) is 0 Å². The summed E-state index contributed by atoms with van der Waals surface area (Å²) < 4.78 is 18.0. The van der Waals surface area contributed by atoms with Crippen molar-refractivity contribution in [1.29, 1.82) is 0 Å². The SMILES string of the molecule is COc1ccc2cc1Oc1cccc(c1)CO[C@H]1CN(C(=O)CCc3ccncc3)C[C@@H]1NC(=O)CN(C)C2. The van der Waals surface area contributed by atoms with Crippen molar-refractivity contribution in [1.82, 2.24) is 20.1 Å². The molecule has 1 aromatic heterocycles. The number of likely N-dealkylation sites (N-methyl/N-ethyl adjacent to an activating group) is 1. The number of rotatable bonds is 4. The number of methoxy groups -OCH3 is 1. The number of hydrogen-bond acceptors (Lipinski definition) is 7. The number of fused-ring (bicyclic) bond motifs is 5. The fourth-order valence-electron chi connectivity index (χ4n) is 5.04. The Bertz CT molecular complexity index is 1300. The van der Waals surface area contributed by atoms with Crippen LogP contribution in [-0.4, -0.2) is 72.5 Å². The molecule has 39 heavy (non-hydrogen) atoms. The molecule has 0 unspecified atom stereocenters. The number of nitrogens with zero attached hydrogens (tertiary/aromatic N) is 3. The molecule has 1 saturated heterocycles. The van der Waals surface area contributed by atoms with E-state index in [1.54, 1.807) is 24.4 Å². The molecule has 2 atom stereocenters. The van der Waals surface area contributed by atoms with E-state index in [9.17, 15) is 9.59 Å². The number of benzene rings is 2. The second kappa shape index (κ2) is 12.3. The lowest BCUT2D eigenvalue weighted by molar-refractivity contribution is -0.130. The standard InChI is InChI=1S/C30H34N4O5/c1-33-16-22-6-8-26(37-2)27(15-22)39-24-5-3-4-23(14-24)20-38-28-18-34(17-25(28)32-29(35)19-33)30(36)9-7-21-10-12-31-13-11-21/h3-6,8,10-15,25,28H,7,9,16-20H2,1-2H3,(H,32,35)/t25-,28-/m0/s1. The first-order valence-corrected chi connectivity index (χ1v) is 13.2. The van der Waals surface area contributed by atoms with Crippen molar-refractivity contribution >= 4 is 11.8 Å². The van der Waals surface area contributed by atoms with Gasteiger partial charge in [-0.1, -0.05) is 18.2 Å². The monoisotopic (exact) mass is 530 g/mol. The second-order valence-electron chi connectivity index (χ2n) is 10.1. The number of nitrogens with one attached hydrogen (secondary N) is 1. The van der Waals surface area contributed by atoms with Crippen LogP contribution >= 0.6 is 0 Å². The highest BCUT2D eigenvalue weighted by molar-refractivity contribution is 5.79. The van der Waals surface area contributed by atoms with Gasteiger partial charge in [-0.15, -0.1) is 0 Å². The van der Waals surface area contributed by atoms with E-state index in [2.05, 4.69) is 10.3 Å². The van der Waals surface area contributed by atoms with Crippen LogP contribution in [0.25, 0.3) is 0 Å². The molecular formula is C30H34N4O5. The van der Waals surface area contributed by atoms with Gasteiger partial charge < -0.3 is 24.4 Å². The third-order valence-corrected chi connectivity index (χ3v) is 7.03. The molecular weight excluding hydrogens is 496 g/mol. The van der Waals surface area contributed by atoms with E-state index in [1.807, 2.05) is 66.5 Å². The molecule has 204 valence electrons. The Kier molecular flexibility index (Phi) is 8.39. The quantitative estimate of drug-likeness (QED) is 0.554. The normalized spacial score (nSPS) is 20.1. The minimum Gasteiger partial charge on any atom is -0.493 e. The molecule has 2 aliphatic heterocycles. The van der Waals surface area contributed by atoms with Crippen LogP contribution in [0.2, 0.25) is 0 Å². The van der Waals surface area contributed by atoms with Gasteiger partial charge in [-0.05, 0) is 66.6 Å². The number of carbonyl (C=O) groups excluding carboxylic acids is 2. The fourth-order valence-corrected chi connectivity index (χ4v) is 5.04. The van der Waals surface area contributed by atoms with E-state index in [1.165, 1.54) is 0 Å². The summed E-state index contributed by atoms with van der Waals surface area (Å²) in [5.41, 5.74) is 3.00. The number of aromatic nitrogens is 1. The van der Waals surface area contributed by atoms with E-state index in [-0.39, 0.29) is 30.5 Å². The number of ether oxygens (including phenoxy) is 3. The fraction of sp³-hybridized carbons (Fsp3) is 0.367. The van der Waals surface area contributed by atoms with Gasteiger partial charge in [-0.25, -0.2) is 0 Å². The highest BCUT2D eigenvalue weighted by Gasteiger charge is 2.37. The van der Waals surface area contributed by atoms with Gasteiger partial charge in [0.1, 0.15) is 5.75 Å². The zero-order chi connectivity index (χ0) is 27.2. The van der Waals surface area contributed by atoms with Crippen molar-refractivity contribution in [2.75, 3.05) is 33.8 Å². The molecule has 3 aromatic rings. The third-order valence-electron chi connectivity index (χ3n) is 7.03. The highest BCUT2D eigenvalue weighted by atomic mass is 16.5. The summed E-state index contributed by atoms with van der Waals surface area (Å²) in [5.74, 6) is 1.85. The maximum atomic E-state index is 13.1. The summed E-state index contributed by atoms with van der Waals surface area (Å²) >= 11 is 0. The van der Waals surface area contributed by atoms with Crippen molar-refractivity contribution in [3.8, 4) is 17.2 Å². The first kappa shape index (κ1) is 26.6. The zero-order valence-electron chi connectivity index (χ0n) is 22.3. The van der Waals surface area contributed by atoms with Gasteiger partial charge in [-0.3, -0.25) is 19.5 Å². The number of carbonyl (C=O) groups is 2. The maximum absolute atomic E-state index is 13.1. The first-order valence-electron chi connectivity index (χ1n) is 13.2. The summed E-state index contributed by atoms with van der Waals surface area (Å²) in [7, 11) is 3.51. The molecule has 0 spiro atoms. The predicted molar refractivity (Wildman–Crippen MR) is 145 cm³/mol. The lowest BCUT2D eigenvalue weighted by Gasteiger charge is -2.23. The molecule has 1 N–H and O–H groups in total. The highest BCUT2D eigenvalue weighted by Crippen LogP contribution is 2.33. The molecule has 2 aromatic carbocycles. The van der Waals surface area contributed by atoms with E-state index in [0.717, 1.165) is 16.7 Å². The molecule has 2 amide bonds. The Morgan fingerprint density at radius 1 is 1.08 bits per heavy atom. The smallest absolute Gasteiger partial charge is 0.234 e.